The summed E-state index contributed by atoms with van der Waals surface area (Å²) in [5.74, 6) is -0.168. The summed E-state index contributed by atoms with van der Waals surface area (Å²) in [6.45, 7) is 7.62. The van der Waals surface area contributed by atoms with Gasteiger partial charge in [-0.25, -0.2) is 0 Å². The Hall–Kier alpha value is -1.07. The Kier molecular flexibility index (Phi) is 3.86. The smallest absolute Gasteiger partial charge is 0.249 e. The van der Waals surface area contributed by atoms with Crippen LogP contribution in [0.25, 0.3) is 0 Å². The molecule has 20 heavy (non-hydrogen) atoms. The lowest BCUT2D eigenvalue weighted by molar-refractivity contribution is -0.161. The number of nitrogens with one attached hydrogen (secondary N) is 1. The number of halogens is 1. The number of carbonyl (C=O) groups excluding carboxylic acids is 2. The first kappa shape index (κ1) is 15.3. The highest BCUT2D eigenvalue weighted by molar-refractivity contribution is 7.16. The maximum atomic E-state index is 12.7. The predicted octanol–water partition coefficient (Wildman–Crippen LogP) is 2.81. The second kappa shape index (κ2) is 5.04. The molecule has 110 valence electrons. The molecule has 1 unspecified atom stereocenters. The van der Waals surface area contributed by atoms with E-state index in [-0.39, 0.29) is 11.8 Å². The Morgan fingerprint density at radius 3 is 2.45 bits per heavy atom. The van der Waals surface area contributed by atoms with Gasteiger partial charge in [0, 0.05) is 4.88 Å². The Labute approximate surface area is 128 Å². The van der Waals surface area contributed by atoms with E-state index in [2.05, 4.69) is 5.32 Å². The molecule has 0 saturated carbocycles. The van der Waals surface area contributed by atoms with Gasteiger partial charge in [-0.1, -0.05) is 18.5 Å². The minimum Gasteiger partial charge on any atom is -0.340 e. The topological polar surface area (TPSA) is 49.4 Å². The molecule has 1 aliphatic heterocycles. The van der Waals surface area contributed by atoms with Crippen molar-refractivity contribution in [3.05, 3.63) is 21.3 Å². The van der Waals surface area contributed by atoms with E-state index >= 15 is 0 Å². The van der Waals surface area contributed by atoms with Gasteiger partial charge in [0.15, 0.2) is 0 Å². The average molecular weight is 315 g/mol. The Morgan fingerprint density at radius 2 is 1.95 bits per heavy atom. The van der Waals surface area contributed by atoms with Crippen molar-refractivity contribution in [2.45, 2.75) is 51.7 Å². The number of carbonyl (C=O) groups is 2. The fraction of sp³-hybridized carbons (Fsp3) is 0.571. The van der Waals surface area contributed by atoms with Crippen molar-refractivity contribution in [3.8, 4) is 0 Å². The number of hydrogen-bond acceptors (Lipinski definition) is 3. The zero-order valence-electron chi connectivity index (χ0n) is 12.1. The summed E-state index contributed by atoms with van der Waals surface area (Å²) in [5, 5.41) is 2.85. The third kappa shape index (κ3) is 2.44. The van der Waals surface area contributed by atoms with Crippen molar-refractivity contribution >= 4 is 34.8 Å². The Balaban J connectivity index is 2.35. The van der Waals surface area contributed by atoms with E-state index in [9.17, 15) is 9.59 Å². The molecule has 0 aliphatic carbocycles. The lowest BCUT2D eigenvalue weighted by Crippen LogP contribution is -2.72. The number of thiophene rings is 1. The second-order valence-corrected chi connectivity index (χ2v) is 7.60. The zero-order valence-corrected chi connectivity index (χ0v) is 13.7. The number of piperazine rings is 1. The average Bonchev–Trinajstić information content (AvgIpc) is 2.78. The third-order valence-electron chi connectivity index (χ3n) is 3.99. The number of hydrogen-bond donors (Lipinski definition) is 1. The fourth-order valence-corrected chi connectivity index (χ4v) is 3.31. The molecule has 0 spiro atoms. The van der Waals surface area contributed by atoms with Crippen molar-refractivity contribution in [1.82, 2.24) is 10.2 Å². The normalized spacial score (nSPS) is 25.8. The van der Waals surface area contributed by atoms with Crippen LogP contribution in [0.4, 0.5) is 0 Å². The van der Waals surface area contributed by atoms with Gasteiger partial charge in [-0.2, -0.15) is 0 Å². The molecule has 1 aromatic heterocycles. The molecule has 0 radical (unpaired) electrons. The molecule has 4 nitrogen and oxygen atoms in total. The molecule has 0 bridgehead atoms. The van der Waals surface area contributed by atoms with E-state index in [4.69, 9.17) is 11.6 Å². The van der Waals surface area contributed by atoms with E-state index in [0.717, 1.165) is 4.88 Å². The van der Waals surface area contributed by atoms with Crippen LogP contribution in [-0.2, 0) is 16.1 Å². The highest BCUT2D eigenvalue weighted by atomic mass is 35.5. The van der Waals surface area contributed by atoms with E-state index in [1.165, 1.54) is 11.3 Å². The standard InChI is InChI=1S/C14H19ClN2O2S/c1-5-14(4)12(19)17(13(2,3)11(18)16-14)8-9-6-7-10(15)20-9/h6-7H,5,8H2,1-4H3,(H,16,18). The summed E-state index contributed by atoms with van der Waals surface area (Å²) in [6, 6.07) is 3.70. The van der Waals surface area contributed by atoms with Crippen LogP contribution in [0.1, 0.15) is 39.0 Å². The summed E-state index contributed by atoms with van der Waals surface area (Å²) in [7, 11) is 0. The summed E-state index contributed by atoms with van der Waals surface area (Å²) >= 11 is 7.37. The van der Waals surface area contributed by atoms with Crippen molar-refractivity contribution < 1.29 is 9.59 Å². The van der Waals surface area contributed by atoms with Gasteiger partial charge >= 0.3 is 0 Å². The zero-order chi connectivity index (χ0) is 15.1. The summed E-state index contributed by atoms with van der Waals surface area (Å²) in [5.41, 5.74) is -1.68. The van der Waals surface area contributed by atoms with E-state index < -0.39 is 11.1 Å². The number of nitrogens with zero attached hydrogens (tertiary/aromatic N) is 1. The molecule has 2 rings (SSSR count). The molecular formula is C14H19ClN2O2S. The van der Waals surface area contributed by atoms with Gasteiger partial charge in [0.2, 0.25) is 11.8 Å². The van der Waals surface area contributed by atoms with Crippen LogP contribution in [-0.4, -0.2) is 27.8 Å². The first-order valence-electron chi connectivity index (χ1n) is 6.59. The number of rotatable bonds is 3. The quantitative estimate of drug-likeness (QED) is 0.932. The largest absolute Gasteiger partial charge is 0.340 e. The van der Waals surface area contributed by atoms with Gasteiger partial charge in [0.1, 0.15) is 11.1 Å². The first-order chi connectivity index (χ1) is 9.20. The third-order valence-corrected chi connectivity index (χ3v) is 5.20. The van der Waals surface area contributed by atoms with Gasteiger partial charge in [-0.05, 0) is 39.3 Å². The summed E-state index contributed by atoms with van der Waals surface area (Å²) < 4.78 is 0.685. The van der Waals surface area contributed by atoms with Crippen LogP contribution in [0.15, 0.2) is 12.1 Å². The molecular weight excluding hydrogens is 296 g/mol. The molecule has 1 atom stereocenters. The minimum atomic E-state index is -0.859. The number of amides is 2. The Morgan fingerprint density at radius 1 is 1.30 bits per heavy atom. The van der Waals surface area contributed by atoms with Crippen LogP contribution >= 0.6 is 22.9 Å². The highest BCUT2D eigenvalue weighted by Gasteiger charge is 2.51. The molecule has 1 fully saturated rings. The van der Waals surface area contributed by atoms with Gasteiger partial charge in [-0.15, -0.1) is 11.3 Å². The molecule has 1 aliphatic rings. The summed E-state index contributed by atoms with van der Waals surface area (Å²) in [6.07, 6.45) is 0.565. The van der Waals surface area contributed by atoms with Crippen molar-refractivity contribution in [1.29, 1.82) is 0 Å². The van der Waals surface area contributed by atoms with Gasteiger partial charge in [0.05, 0.1) is 10.9 Å². The molecule has 2 amide bonds. The highest BCUT2D eigenvalue weighted by Crippen LogP contribution is 2.31. The lowest BCUT2D eigenvalue weighted by Gasteiger charge is -2.48. The van der Waals surface area contributed by atoms with Crippen molar-refractivity contribution in [3.63, 3.8) is 0 Å². The molecule has 0 aromatic carbocycles. The van der Waals surface area contributed by atoms with Crippen molar-refractivity contribution in [2.75, 3.05) is 0 Å². The molecule has 1 N–H and O–H groups in total. The van der Waals surface area contributed by atoms with Crippen LogP contribution in [0.3, 0.4) is 0 Å². The van der Waals surface area contributed by atoms with Gasteiger partial charge in [0.25, 0.3) is 0 Å². The maximum Gasteiger partial charge on any atom is 0.249 e. The van der Waals surface area contributed by atoms with E-state index in [0.29, 0.717) is 17.3 Å². The van der Waals surface area contributed by atoms with Gasteiger partial charge in [-0.3, -0.25) is 9.59 Å². The molecule has 2 heterocycles. The Bertz CT molecular complexity index is 555. The van der Waals surface area contributed by atoms with Crippen molar-refractivity contribution in [2.24, 2.45) is 0 Å². The predicted molar refractivity (Wildman–Crippen MR) is 80.8 cm³/mol. The van der Waals surface area contributed by atoms with Gasteiger partial charge < -0.3 is 10.2 Å². The van der Waals surface area contributed by atoms with Crippen LogP contribution < -0.4 is 5.32 Å². The van der Waals surface area contributed by atoms with Crippen LogP contribution in [0, 0.1) is 0 Å². The summed E-state index contributed by atoms with van der Waals surface area (Å²) in [4.78, 5) is 27.7. The van der Waals surface area contributed by atoms with E-state index in [1.807, 2.05) is 19.1 Å². The van der Waals surface area contributed by atoms with Crippen LogP contribution in [0.2, 0.25) is 4.34 Å². The molecule has 1 aromatic rings. The minimum absolute atomic E-state index is 0.0471. The fourth-order valence-electron chi connectivity index (χ4n) is 2.23. The molecule has 1 saturated heterocycles. The second-order valence-electron chi connectivity index (χ2n) is 5.80. The van der Waals surface area contributed by atoms with E-state index in [1.54, 1.807) is 25.7 Å². The molecule has 6 heteroatoms. The maximum absolute atomic E-state index is 12.7. The lowest BCUT2D eigenvalue weighted by atomic mass is 9.86. The monoisotopic (exact) mass is 314 g/mol. The SMILES string of the molecule is CCC1(C)NC(=O)C(C)(C)N(Cc2ccc(Cl)s2)C1=O. The first-order valence-corrected chi connectivity index (χ1v) is 7.79. The van der Waals surface area contributed by atoms with Crippen LogP contribution in [0.5, 0.6) is 0 Å².